The maximum Gasteiger partial charge on any atom is 0.262 e. The minimum Gasteiger partial charge on any atom is -0.343 e. The molecule has 160 valence electrons. The molecule has 3 N–H and O–H groups in total. The van der Waals surface area contributed by atoms with E-state index in [0.717, 1.165) is 5.56 Å². The molecule has 7 nitrogen and oxygen atoms in total. The first-order valence-electron chi connectivity index (χ1n) is 9.83. The molecule has 0 saturated heterocycles. The van der Waals surface area contributed by atoms with Crippen LogP contribution in [0.15, 0.2) is 91.0 Å². The van der Waals surface area contributed by atoms with Crippen molar-refractivity contribution in [2.75, 3.05) is 6.54 Å². The molecule has 0 unspecified atom stereocenters. The van der Waals surface area contributed by atoms with Crippen molar-refractivity contribution in [2.24, 2.45) is 0 Å². The van der Waals surface area contributed by atoms with E-state index in [9.17, 15) is 19.2 Å². The summed E-state index contributed by atoms with van der Waals surface area (Å²) < 4.78 is 0. The highest BCUT2D eigenvalue weighted by Gasteiger charge is 2.18. The van der Waals surface area contributed by atoms with E-state index < -0.39 is 17.7 Å². The molecule has 0 fully saturated rings. The van der Waals surface area contributed by atoms with Crippen LogP contribution in [0, 0.1) is 0 Å². The van der Waals surface area contributed by atoms with Gasteiger partial charge in [-0.2, -0.15) is 0 Å². The fourth-order valence-electron chi connectivity index (χ4n) is 2.83. The molecule has 3 aromatic carbocycles. The van der Waals surface area contributed by atoms with Crippen LogP contribution in [0.5, 0.6) is 0 Å². The van der Waals surface area contributed by atoms with E-state index in [1.807, 2.05) is 30.3 Å². The third-order valence-corrected chi connectivity index (χ3v) is 4.41. The van der Waals surface area contributed by atoms with Gasteiger partial charge in [-0.25, -0.2) is 0 Å². The Morgan fingerprint density at radius 3 is 1.97 bits per heavy atom. The van der Waals surface area contributed by atoms with Crippen LogP contribution in [-0.2, 0) is 9.59 Å². The molecule has 0 saturated carbocycles. The fourth-order valence-corrected chi connectivity index (χ4v) is 2.83. The van der Waals surface area contributed by atoms with Crippen LogP contribution in [0.25, 0.3) is 6.08 Å². The average molecular weight is 427 g/mol. The van der Waals surface area contributed by atoms with E-state index in [1.165, 1.54) is 12.1 Å². The minimum atomic E-state index is -0.619. The van der Waals surface area contributed by atoms with Crippen molar-refractivity contribution in [3.8, 4) is 0 Å². The monoisotopic (exact) mass is 427 g/mol. The Hall–Kier alpha value is -4.52. The van der Waals surface area contributed by atoms with Crippen LogP contribution in [0.1, 0.15) is 31.8 Å². The number of hydrogen-bond acceptors (Lipinski definition) is 4. The van der Waals surface area contributed by atoms with E-state index in [0.29, 0.717) is 5.56 Å². The first-order chi connectivity index (χ1) is 15.5. The number of nitrogens with one attached hydrogen (secondary N) is 3. The van der Waals surface area contributed by atoms with Gasteiger partial charge in [-0.1, -0.05) is 78.9 Å². The number of ketones is 1. The second-order valence-electron chi connectivity index (χ2n) is 6.70. The van der Waals surface area contributed by atoms with Gasteiger partial charge in [0.05, 0.1) is 12.1 Å². The largest absolute Gasteiger partial charge is 0.343 e. The van der Waals surface area contributed by atoms with Crippen LogP contribution >= 0.6 is 0 Å². The SMILES string of the molecule is O=C(/C=C/c1ccccc1)NNC(=O)CNC(=O)c1ccccc1C(=O)c1ccccc1. The van der Waals surface area contributed by atoms with Crippen molar-refractivity contribution in [1.82, 2.24) is 16.2 Å². The second kappa shape index (κ2) is 11.0. The Labute approximate surface area is 185 Å². The third-order valence-electron chi connectivity index (χ3n) is 4.41. The molecule has 3 aromatic rings. The lowest BCUT2D eigenvalue weighted by atomic mass is 9.98. The number of hydrazine groups is 1. The minimum absolute atomic E-state index is 0.156. The summed E-state index contributed by atoms with van der Waals surface area (Å²) in [6.07, 6.45) is 2.88. The molecule has 0 aromatic heterocycles. The fraction of sp³-hybridized carbons (Fsp3) is 0.0400. The summed E-state index contributed by atoms with van der Waals surface area (Å²) in [7, 11) is 0. The molecule has 0 radical (unpaired) electrons. The lowest BCUT2D eigenvalue weighted by Gasteiger charge is -2.10. The van der Waals surface area contributed by atoms with Gasteiger partial charge in [0.1, 0.15) is 0 Å². The lowest BCUT2D eigenvalue weighted by molar-refractivity contribution is -0.126. The van der Waals surface area contributed by atoms with Crippen LogP contribution < -0.4 is 16.2 Å². The van der Waals surface area contributed by atoms with Crippen LogP contribution in [-0.4, -0.2) is 30.0 Å². The Bertz CT molecular complexity index is 1140. The Morgan fingerprint density at radius 1 is 0.688 bits per heavy atom. The normalized spacial score (nSPS) is 10.4. The summed E-state index contributed by atoms with van der Waals surface area (Å²) in [6, 6.07) is 24.2. The van der Waals surface area contributed by atoms with Gasteiger partial charge >= 0.3 is 0 Å². The van der Waals surface area contributed by atoms with Crippen molar-refractivity contribution < 1.29 is 19.2 Å². The summed E-state index contributed by atoms with van der Waals surface area (Å²) in [6.45, 7) is -0.380. The predicted molar refractivity (Wildman–Crippen MR) is 120 cm³/mol. The van der Waals surface area contributed by atoms with Crippen molar-refractivity contribution >= 4 is 29.6 Å². The first kappa shape index (κ1) is 22.2. The highest BCUT2D eigenvalue weighted by atomic mass is 16.2. The number of amides is 3. The summed E-state index contributed by atoms with van der Waals surface area (Å²) in [5.74, 6) is -2.01. The van der Waals surface area contributed by atoms with E-state index >= 15 is 0 Å². The topological polar surface area (TPSA) is 104 Å². The Balaban J connectivity index is 1.52. The maximum atomic E-state index is 12.7. The molecule has 0 bridgehead atoms. The summed E-state index contributed by atoms with van der Waals surface area (Å²) in [5.41, 5.74) is 6.14. The summed E-state index contributed by atoms with van der Waals surface area (Å²) in [4.78, 5) is 49.1. The molecular weight excluding hydrogens is 406 g/mol. The van der Waals surface area contributed by atoms with Gasteiger partial charge in [0.15, 0.2) is 5.78 Å². The van der Waals surface area contributed by atoms with Gasteiger partial charge in [-0.3, -0.25) is 30.0 Å². The summed E-state index contributed by atoms with van der Waals surface area (Å²) >= 11 is 0. The Morgan fingerprint density at radius 2 is 1.28 bits per heavy atom. The molecular formula is C25H21N3O4. The number of benzene rings is 3. The smallest absolute Gasteiger partial charge is 0.262 e. The second-order valence-corrected chi connectivity index (χ2v) is 6.70. The number of carbonyl (C=O) groups excluding carboxylic acids is 4. The van der Waals surface area contributed by atoms with E-state index in [4.69, 9.17) is 0 Å². The van der Waals surface area contributed by atoms with Crippen LogP contribution in [0.2, 0.25) is 0 Å². The molecule has 0 heterocycles. The zero-order chi connectivity index (χ0) is 22.8. The van der Waals surface area contributed by atoms with E-state index in [2.05, 4.69) is 16.2 Å². The van der Waals surface area contributed by atoms with Gasteiger partial charge in [0.2, 0.25) is 0 Å². The van der Waals surface area contributed by atoms with Gasteiger partial charge in [-0.05, 0) is 17.7 Å². The molecule has 32 heavy (non-hydrogen) atoms. The number of carbonyl (C=O) groups is 4. The molecule has 0 spiro atoms. The van der Waals surface area contributed by atoms with Gasteiger partial charge in [-0.15, -0.1) is 0 Å². The molecule has 3 rings (SSSR count). The average Bonchev–Trinajstić information content (AvgIpc) is 2.85. The van der Waals surface area contributed by atoms with E-state index in [-0.39, 0.29) is 23.5 Å². The zero-order valence-electron chi connectivity index (χ0n) is 17.1. The quantitative estimate of drug-likeness (QED) is 0.306. The first-order valence-corrected chi connectivity index (χ1v) is 9.83. The predicted octanol–water partition coefficient (Wildman–Crippen LogP) is 2.51. The number of hydrogen-bond donors (Lipinski definition) is 3. The maximum absolute atomic E-state index is 12.7. The molecule has 0 aliphatic carbocycles. The van der Waals surface area contributed by atoms with Crippen LogP contribution in [0.3, 0.4) is 0 Å². The molecule has 0 aliphatic heterocycles. The van der Waals surface area contributed by atoms with Gasteiger partial charge < -0.3 is 5.32 Å². The third kappa shape index (κ3) is 6.24. The standard InChI is InChI=1S/C25H21N3O4/c29-22(16-15-18-9-3-1-4-10-18)27-28-23(30)17-26-25(32)21-14-8-7-13-20(21)24(31)19-11-5-2-6-12-19/h1-16H,17H2,(H,26,32)(H,27,29)(H,28,30)/b16-15+. The molecule has 7 heteroatoms. The molecule has 3 amide bonds. The molecule has 0 atom stereocenters. The zero-order valence-corrected chi connectivity index (χ0v) is 17.1. The summed E-state index contributed by atoms with van der Waals surface area (Å²) in [5, 5.41) is 2.45. The Kier molecular flexibility index (Phi) is 7.64. The number of rotatable bonds is 7. The highest BCUT2D eigenvalue weighted by Crippen LogP contribution is 2.14. The van der Waals surface area contributed by atoms with Gasteiger partial charge in [0.25, 0.3) is 17.7 Å². The van der Waals surface area contributed by atoms with Crippen molar-refractivity contribution in [3.63, 3.8) is 0 Å². The highest BCUT2D eigenvalue weighted by molar-refractivity contribution is 6.15. The van der Waals surface area contributed by atoms with Crippen LogP contribution in [0.4, 0.5) is 0 Å². The van der Waals surface area contributed by atoms with Crippen molar-refractivity contribution in [2.45, 2.75) is 0 Å². The molecule has 0 aliphatic rings. The lowest BCUT2D eigenvalue weighted by Crippen LogP contribution is -2.46. The van der Waals surface area contributed by atoms with Gasteiger partial charge in [0, 0.05) is 17.2 Å². The van der Waals surface area contributed by atoms with Crippen molar-refractivity contribution in [1.29, 1.82) is 0 Å². The van der Waals surface area contributed by atoms with Crippen molar-refractivity contribution in [3.05, 3.63) is 113 Å². The van der Waals surface area contributed by atoms with E-state index in [1.54, 1.807) is 54.6 Å².